The molecule has 0 radical (unpaired) electrons. The number of methoxy groups -OCH3 is 1. The van der Waals surface area contributed by atoms with E-state index in [0.717, 1.165) is 12.5 Å². The van der Waals surface area contributed by atoms with E-state index in [-0.39, 0.29) is 5.60 Å². The van der Waals surface area contributed by atoms with Crippen molar-refractivity contribution in [3.8, 4) is 0 Å². The summed E-state index contributed by atoms with van der Waals surface area (Å²) in [6.45, 7) is 3.31. The summed E-state index contributed by atoms with van der Waals surface area (Å²) in [5.74, 6) is 0.838. The normalized spacial score (nSPS) is 27.0. The zero-order valence-electron chi connectivity index (χ0n) is 12.3. The molecule has 0 aromatic heterocycles. The molecule has 1 N–H and O–H groups in total. The highest BCUT2D eigenvalue weighted by molar-refractivity contribution is 5.00. The lowest BCUT2D eigenvalue weighted by molar-refractivity contribution is -0.0534. The van der Waals surface area contributed by atoms with E-state index in [1.165, 1.54) is 64.2 Å². The maximum Gasteiger partial charge on any atom is 0.0833 e. The third-order valence-electron chi connectivity index (χ3n) is 5.22. The molecule has 0 aromatic rings. The van der Waals surface area contributed by atoms with Gasteiger partial charge in [-0.15, -0.1) is 0 Å². The Hall–Kier alpha value is -0.0800. The molecule has 0 aromatic carbocycles. The largest absolute Gasteiger partial charge is 0.377 e. The Morgan fingerprint density at radius 2 is 1.67 bits per heavy atom. The first kappa shape index (κ1) is 14.3. The van der Waals surface area contributed by atoms with Crippen LogP contribution in [0.25, 0.3) is 0 Å². The van der Waals surface area contributed by atoms with Crippen LogP contribution in [0.15, 0.2) is 0 Å². The quantitative estimate of drug-likeness (QED) is 0.750. The number of hydrogen-bond acceptors (Lipinski definition) is 2. The summed E-state index contributed by atoms with van der Waals surface area (Å²) in [6, 6.07) is 0.591. The fourth-order valence-electron chi connectivity index (χ4n) is 4.26. The van der Waals surface area contributed by atoms with Crippen molar-refractivity contribution in [2.75, 3.05) is 13.7 Å². The van der Waals surface area contributed by atoms with Crippen molar-refractivity contribution in [1.29, 1.82) is 0 Å². The van der Waals surface area contributed by atoms with Gasteiger partial charge in [0.05, 0.1) is 5.60 Å². The molecular formula is C16H31NO. The van der Waals surface area contributed by atoms with Crippen LogP contribution in [-0.4, -0.2) is 25.3 Å². The molecule has 2 aliphatic carbocycles. The van der Waals surface area contributed by atoms with Gasteiger partial charge in [-0.25, -0.2) is 0 Å². The molecule has 0 amide bonds. The van der Waals surface area contributed by atoms with E-state index >= 15 is 0 Å². The number of hydrogen-bond donors (Lipinski definition) is 1. The van der Waals surface area contributed by atoms with Gasteiger partial charge in [-0.3, -0.25) is 0 Å². The summed E-state index contributed by atoms with van der Waals surface area (Å²) >= 11 is 0. The van der Waals surface area contributed by atoms with Gasteiger partial charge >= 0.3 is 0 Å². The van der Waals surface area contributed by atoms with Gasteiger partial charge in [0.25, 0.3) is 0 Å². The highest BCUT2D eigenvalue weighted by atomic mass is 16.5. The predicted molar refractivity (Wildman–Crippen MR) is 76.9 cm³/mol. The molecule has 2 rings (SSSR count). The molecule has 1 unspecified atom stereocenters. The summed E-state index contributed by atoms with van der Waals surface area (Å²) < 4.78 is 6.05. The first-order chi connectivity index (χ1) is 8.82. The Kier molecular flexibility index (Phi) is 5.50. The molecule has 2 fully saturated rings. The highest BCUT2D eigenvalue weighted by Crippen LogP contribution is 2.41. The summed E-state index contributed by atoms with van der Waals surface area (Å²) in [6.07, 6.45) is 13.8. The van der Waals surface area contributed by atoms with Crippen LogP contribution >= 0.6 is 0 Å². The molecule has 18 heavy (non-hydrogen) atoms. The van der Waals surface area contributed by atoms with Crippen molar-refractivity contribution in [2.45, 2.75) is 82.8 Å². The molecule has 1 atom stereocenters. The van der Waals surface area contributed by atoms with E-state index in [1.54, 1.807) is 0 Å². The Labute approximate surface area is 113 Å². The van der Waals surface area contributed by atoms with Gasteiger partial charge in [-0.1, -0.05) is 45.4 Å². The maximum absolute atomic E-state index is 6.05. The van der Waals surface area contributed by atoms with Crippen LogP contribution in [0.2, 0.25) is 0 Å². The van der Waals surface area contributed by atoms with Crippen LogP contribution in [-0.2, 0) is 4.74 Å². The summed E-state index contributed by atoms with van der Waals surface area (Å²) in [4.78, 5) is 0. The number of rotatable bonds is 5. The molecule has 0 bridgehead atoms. The lowest BCUT2D eigenvalue weighted by atomic mass is 9.79. The fourth-order valence-corrected chi connectivity index (χ4v) is 4.26. The first-order valence-corrected chi connectivity index (χ1v) is 8.11. The molecule has 0 aliphatic heterocycles. The summed E-state index contributed by atoms with van der Waals surface area (Å²) in [7, 11) is 1.94. The molecule has 0 heterocycles. The molecule has 0 saturated heterocycles. The molecule has 0 spiro atoms. The van der Waals surface area contributed by atoms with Crippen LogP contribution in [0.3, 0.4) is 0 Å². The van der Waals surface area contributed by atoms with Crippen LogP contribution in [0.1, 0.15) is 71.1 Å². The fraction of sp³-hybridized carbons (Fsp3) is 1.00. The smallest absolute Gasteiger partial charge is 0.0833 e. The lowest BCUT2D eigenvalue weighted by Gasteiger charge is -2.41. The first-order valence-electron chi connectivity index (χ1n) is 8.11. The molecule has 2 aliphatic rings. The van der Waals surface area contributed by atoms with Gasteiger partial charge < -0.3 is 10.1 Å². The predicted octanol–water partition coefficient (Wildman–Crippen LogP) is 3.89. The van der Waals surface area contributed by atoms with Crippen LogP contribution in [0.5, 0.6) is 0 Å². The van der Waals surface area contributed by atoms with Crippen molar-refractivity contribution < 1.29 is 4.74 Å². The molecular weight excluding hydrogens is 222 g/mol. The van der Waals surface area contributed by atoms with Gasteiger partial charge in [0.2, 0.25) is 0 Å². The van der Waals surface area contributed by atoms with E-state index in [4.69, 9.17) is 4.74 Å². The number of likely N-dealkylation sites (N-methyl/N-ethyl adjacent to an activating group) is 1. The second-order valence-corrected chi connectivity index (χ2v) is 6.26. The second-order valence-electron chi connectivity index (χ2n) is 6.26. The monoisotopic (exact) mass is 253 g/mol. The van der Waals surface area contributed by atoms with Crippen LogP contribution in [0.4, 0.5) is 0 Å². The molecule has 2 nitrogen and oxygen atoms in total. The average Bonchev–Trinajstić information content (AvgIpc) is 2.72. The minimum absolute atomic E-state index is 0.144. The van der Waals surface area contributed by atoms with Gasteiger partial charge in [0.1, 0.15) is 0 Å². The molecule has 106 valence electrons. The van der Waals surface area contributed by atoms with Gasteiger partial charge in [-0.2, -0.15) is 0 Å². The Balaban J connectivity index is 2.09. The zero-order valence-corrected chi connectivity index (χ0v) is 12.3. The van der Waals surface area contributed by atoms with Gasteiger partial charge in [0, 0.05) is 13.2 Å². The van der Waals surface area contributed by atoms with Crippen molar-refractivity contribution in [3.05, 3.63) is 0 Å². The third kappa shape index (κ3) is 3.08. The minimum Gasteiger partial charge on any atom is -0.377 e. The number of ether oxygens (including phenoxy) is 1. The van der Waals surface area contributed by atoms with Crippen LogP contribution < -0.4 is 5.32 Å². The molecule has 2 heteroatoms. The second kappa shape index (κ2) is 6.91. The van der Waals surface area contributed by atoms with Crippen molar-refractivity contribution in [2.24, 2.45) is 5.92 Å². The lowest BCUT2D eigenvalue weighted by Crippen LogP contribution is -2.54. The van der Waals surface area contributed by atoms with Crippen LogP contribution in [0, 0.1) is 5.92 Å². The number of nitrogens with one attached hydrogen (secondary N) is 1. The van der Waals surface area contributed by atoms with Crippen molar-refractivity contribution in [1.82, 2.24) is 5.32 Å². The van der Waals surface area contributed by atoms with E-state index in [1.807, 2.05) is 7.11 Å². The van der Waals surface area contributed by atoms with Crippen molar-refractivity contribution in [3.63, 3.8) is 0 Å². The zero-order chi connectivity index (χ0) is 12.8. The average molecular weight is 253 g/mol. The highest BCUT2D eigenvalue weighted by Gasteiger charge is 2.44. The topological polar surface area (TPSA) is 21.3 Å². The van der Waals surface area contributed by atoms with E-state index in [0.29, 0.717) is 6.04 Å². The maximum atomic E-state index is 6.05. The van der Waals surface area contributed by atoms with E-state index in [2.05, 4.69) is 12.2 Å². The van der Waals surface area contributed by atoms with Gasteiger partial charge in [0.15, 0.2) is 0 Å². The van der Waals surface area contributed by atoms with E-state index in [9.17, 15) is 0 Å². The minimum atomic E-state index is 0.144. The summed E-state index contributed by atoms with van der Waals surface area (Å²) in [5, 5.41) is 3.79. The SMILES string of the molecule is CCNC(C1CCCCCC1)C1(OC)CCCC1. The molecule has 2 saturated carbocycles. The van der Waals surface area contributed by atoms with Gasteiger partial charge in [-0.05, 0) is 38.1 Å². The summed E-state index contributed by atoms with van der Waals surface area (Å²) in [5.41, 5.74) is 0.144. The Morgan fingerprint density at radius 3 is 2.17 bits per heavy atom. The van der Waals surface area contributed by atoms with E-state index < -0.39 is 0 Å². The van der Waals surface area contributed by atoms with Crippen molar-refractivity contribution >= 4 is 0 Å². The Bertz CT molecular complexity index is 227. The standard InChI is InChI=1S/C16H31NO/c1-3-17-15(14-10-6-4-5-7-11-14)16(18-2)12-8-9-13-16/h14-15,17H,3-13H2,1-2H3. The Morgan fingerprint density at radius 1 is 1.06 bits per heavy atom. The third-order valence-corrected chi connectivity index (χ3v) is 5.22.